The van der Waals surface area contributed by atoms with E-state index in [1.165, 1.54) is 11.1 Å². The van der Waals surface area contributed by atoms with E-state index in [2.05, 4.69) is 82.8 Å². The molecule has 4 heteroatoms. The van der Waals surface area contributed by atoms with E-state index < -0.39 is 0 Å². The third-order valence-corrected chi connectivity index (χ3v) is 6.48. The van der Waals surface area contributed by atoms with E-state index in [0.717, 1.165) is 25.9 Å². The standard InChI is InChI=1S/C26H29N3O/c1-21(22-9-4-2-5-10-22)29-17-14-26(15-18-29,24-12-6-3-7-13-24)20-28-25(30)23-11-8-16-27-19-23/h2-13,16,19,21H,14-15,17-18,20H2,1H3,(H,28,30). The summed E-state index contributed by atoms with van der Waals surface area (Å²) in [5, 5.41) is 3.19. The van der Waals surface area contributed by atoms with Crippen LogP contribution in [0.15, 0.2) is 85.2 Å². The highest BCUT2D eigenvalue weighted by atomic mass is 16.1. The first kappa shape index (κ1) is 20.3. The monoisotopic (exact) mass is 399 g/mol. The van der Waals surface area contributed by atoms with E-state index in [0.29, 0.717) is 18.2 Å². The molecule has 0 radical (unpaired) electrons. The number of nitrogens with zero attached hydrogens (tertiary/aromatic N) is 2. The highest BCUT2D eigenvalue weighted by molar-refractivity contribution is 5.93. The molecule has 3 aromatic rings. The average Bonchev–Trinajstić information content (AvgIpc) is 2.84. The molecule has 1 N–H and O–H groups in total. The molecule has 1 amide bonds. The minimum absolute atomic E-state index is 0.0496. The minimum atomic E-state index is -0.0570. The SMILES string of the molecule is CC(c1ccccc1)N1CCC(CNC(=O)c2cccnc2)(c2ccccc2)CC1. The molecule has 1 saturated heterocycles. The lowest BCUT2D eigenvalue weighted by Crippen LogP contribution is -2.49. The Morgan fingerprint density at radius 2 is 1.67 bits per heavy atom. The van der Waals surface area contributed by atoms with Gasteiger partial charge in [-0.3, -0.25) is 14.7 Å². The number of aromatic nitrogens is 1. The van der Waals surface area contributed by atoms with Crippen molar-refractivity contribution in [3.63, 3.8) is 0 Å². The first-order valence-electron chi connectivity index (χ1n) is 10.7. The molecular formula is C26H29N3O. The van der Waals surface area contributed by atoms with Crippen molar-refractivity contribution in [2.24, 2.45) is 0 Å². The van der Waals surface area contributed by atoms with Gasteiger partial charge in [0.1, 0.15) is 0 Å². The minimum Gasteiger partial charge on any atom is -0.351 e. The van der Waals surface area contributed by atoms with Crippen molar-refractivity contribution in [2.75, 3.05) is 19.6 Å². The maximum Gasteiger partial charge on any atom is 0.252 e. The molecule has 0 saturated carbocycles. The Balaban J connectivity index is 1.48. The van der Waals surface area contributed by atoms with Gasteiger partial charge in [-0.1, -0.05) is 60.7 Å². The van der Waals surface area contributed by atoms with Gasteiger partial charge in [0.05, 0.1) is 5.56 Å². The van der Waals surface area contributed by atoms with Gasteiger partial charge in [0.25, 0.3) is 5.91 Å². The van der Waals surface area contributed by atoms with Crippen LogP contribution in [0.4, 0.5) is 0 Å². The highest BCUT2D eigenvalue weighted by Crippen LogP contribution is 2.37. The van der Waals surface area contributed by atoms with Crippen LogP contribution < -0.4 is 5.32 Å². The molecule has 2 heterocycles. The summed E-state index contributed by atoms with van der Waals surface area (Å²) < 4.78 is 0. The van der Waals surface area contributed by atoms with Crippen LogP contribution in [0.5, 0.6) is 0 Å². The number of amides is 1. The molecule has 2 aromatic carbocycles. The molecule has 1 atom stereocenters. The van der Waals surface area contributed by atoms with Crippen LogP contribution in [-0.2, 0) is 5.41 Å². The second-order valence-electron chi connectivity index (χ2n) is 8.19. The number of likely N-dealkylation sites (tertiary alicyclic amines) is 1. The number of hydrogen-bond donors (Lipinski definition) is 1. The maximum absolute atomic E-state index is 12.7. The average molecular weight is 400 g/mol. The molecule has 0 bridgehead atoms. The van der Waals surface area contributed by atoms with Gasteiger partial charge in [-0.25, -0.2) is 0 Å². The van der Waals surface area contributed by atoms with Crippen LogP contribution in [0.25, 0.3) is 0 Å². The lowest BCUT2D eigenvalue weighted by Gasteiger charge is -2.44. The van der Waals surface area contributed by atoms with Crippen LogP contribution in [0.3, 0.4) is 0 Å². The topological polar surface area (TPSA) is 45.2 Å². The zero-order valence-electron chi connectivity index (χ0n) is 17.5. The zero-order valence-corrected chi connectivity index (χ0v) is 17.5. The van der Waals surface area contributed by atoms with Crippen molar-refractivity contribution in [1.29, 1.82) is 0 Å². The van der Waals surface area contributed by atoms with E-state index in [9.17, 15) is 4.79 Å². The third kappa shape index (κ3) is 4.44. The first-order valence-corrected chi connectivity index (χ1v) is 10.7. The molecule has 1 aromatic heterocycles. The lowest BCUT2D eigenvalue weighted by atomic mass is 9.72. The van der Waals surface area contributed by atoms with E-state index in [4.69, 9.17) is 0 Å². The van der Waals surface area contributed by atoms with Crippen molar-refractivity contribution in [1.82, 2.24) is 15.2 Å². The summed E-state index contributed by atoms with van der Waals surface area (Å²) in [7, 11) is 0. The summed E-state index contributed by atoms with van der Waals surface area (Å²) in [4.78, 5) is 19.3. The zero-order chi connectivity index (χ0) is 20.8. The molecule has 0 spiro atoms. The van der Waals surface area contributed by atoms with Crippen molar-refractivity contribution in [2.45, 2.75) is 31.2 Å². The second-order valence-corrected chi connectivity index (χ2v) is 8.19. The molecule has 0 aliphatic carbocycles. The van der Waals surface area contributed by atoms with Gasteiger partial charge in [0, 0.05) is 30.4 Å². The molecule has 4 rings (SSSR count). The van der Waals surface area contributed by atoms with Gasteiger partial charge in [-0.2, -0.15) is 0 Å². The van der Waals surface area contributed by atoms with Crippen LogP contribution in [-0.4, -0.2) is 35.4 Å². The number of piperidine rings is 1. The summed E-state index contributed by atoms with van der Waals surface area (Å²) in [6.45, 7) is 4.94. The smallest absolute Gasteiger partial charge is 0.252 e. The van der Waals surface area contributed by atoms with Crippen molar-refractivity contribution in [3.05, 3.63) is 102 Å². The van der Waals surface area contributed by atoms with E-state index >= 15 is 0 Å². The lowest BCUT2D eigenvalue weighted by molar-refractivity contribution is 0.0899. The van der Waals surface area contributed by atoms with Crippen molar-refractivity contribution in [3.8, 4) is 0 Å². The number of carbonyl (C=O) groups is 1. The number of nitrogens with one attached hydrogen (secondary N) is 1. The summed E-state index contributed by atoms with van der Waals surface area (Å²) in [5.41, 5.74) is 3.22. The summed E-state index contributed by atoms with van der Waals surface area (Å²) in [5.74, 6) is -0.0570. The second kappa shape index (κ2) is 9.23. The number of pyridine rings is 1. The summed E-state index contributed by atoms with van der Waals surface area (Å²) in [6, 6.07) is 25.3. The van der Waals surface area contributed by atoms with Gasteiger partial charge in [-0.15, -0.1) is 0 Å². The Morgan fingerprint density at radius 3 is 2.30 bits per heavy atom. The Hall–Kier alpha value is -2.98. The fraction of sp³-hybridized carbons (Fsp3) is 0.308. The molecule has 1 unspecified atom stereocenters. The van der Waals surface area contributed by atoms with E-state index in [-0.39, 0.29) is 11.3 Å². The molecule has 30 heavy (non-hydrogen) atoms. The third-order valence-electron chi connectivity index (χ3n) is 6.48. The molecule has 1 aliphatic rings. The Morgan fingerprint density at radius 1 is 1.00 bits per heavy atom. The molecule has 4 nitrogen and oxygen atoms in total. The maximum atomic E-state index is 12.7. The first-order chi connectivity index (χ1) is 14.7. The number of rotatable bonds is 6. The Labute approximate surface area is 179 Å². The van der Waals surface area contributed by atoms with Crippen LogP contribution in [0.2, 0.25) is 0 Å². The van der Waals surface area contributed by atoms with Gasteiger partial charge >= 0.3 is 0 Å². The Bertz CT molecular complexity index is 936. The van der Waals surface area contributed by atoms with E-state index in [1.54, 1.807) is 18.5 Å². The van der Waals surface area contributed by atoms with Crippen LogP contribution in [0, 0.1) is 0 Å². The van der Waals surface area contributed by atoms with Gasteiger partial charge in [0.2, 0.25) is 0 Å². The summed E-state index contributed by atoms with van der Waals surface area (Å²) in [6.07, 6.45) is 5.34. The van der Waals surface area contributed by atoms with Crippen molar-refractivity contribution >= 4 is 5.91 Å². The van der Waals surface area contributed by atoms with Gasteiger partial charge in [-0.05, 0) is 56.1 Å². The van der Waals surface area contributed by atoms with Crippen LogP contribution in [0.1, 0.15) is 47.3 Å². The summed E-state index contributed by atoms with van der Waals surface area (Å²) >= 11 is 0. The Kier molecular flexibility index (Phi) is 6.24. The number of benzene rings is 2. The van der Waals surface area contributed by atoms with Crippen LogP contribution >= 0.6 is 0 Å². The fourth-order valence-electron chi connectivity index (χ4n) is 4.49. The molecule has 1 fully saturated rings. The predicted molar refractivity (Wildman–Crippen MR) is 120 cm³/mol. The highest BCUT2D eigenvalue weighted by Gasteiger charge is 2.37. The molecule has 154 valence electrons. The van der Waals surface area contributed by atoms with Crippen molar-refractivity contribution < 1.29 is 4.79 Å². The van der Waals surface area contributed by atoms with E-state index in [1.807, 2.05) is 6.07 Å². The number of hydrogen-bond acceptors (Lipinski definition) is 3. The predicted octanol–water partition coefficient (Wildman–Crippen LogP) is 4.61. The molecule has 1 aliphatic heterocycles. The largest absolute Gasteiger partial charge is 0.351 e. The number of carbonyl (C=O) groups excluding carboxylic acids is 1. The van der Waals surface area contributed by atoms with Gasteiger partial charge in [0.15, 0.2) is 0 Å². The van der Waals surface area contributed by atoms with Gasteiger partial charge < -0.3 is 5.32 Å². The molecular weight excluding hydrogens is 370 g/mol. The fourth-order valence-corrected chi connectivity index (χ4v) is 4.49. The normalized spacial score (nSPS) is 17.2. The quantitative estimate of drug-likeness (QED) is 0.659.